The monoisotopic (exact) mass is 454 g/mol. The molecule has 0 bridgehead atoms. The van der Waals surface area contributed by atoms with Gasteiger partial charge in [-0.1, -0.05) is 33.6 Å². The lowest BCUT2D eigenvalue weighted by molar-refractivity contribution is -0.258. The molecule has 32 heavy (non-hydrogen) atoms. The van der Waals surface area contributed by atoms with Crippen LogP contribution in [0, 0.1) is 46.3 Å². The third-order valence-electron chi connectivity index (χ3n) is 11.6. The Hall–Kier alpha value is -0.260. The molecule has 0 saturated heterocycles. The van der Waals surface area contributed by atoms with Crippen LogP contribution in [-0.2, 0) is 0 Å². The number of hydrogen-bond donors (Lipinski definition) is 3. The van der Waals surface area contributed by atoms with E-state index in [1.165, 1.54) is 0 Å². The number of hydrogen-bond acceptors (Lipinski definition) is 3. The summed E-state index contributed by atoms with van der Waals surface area (Å²) in [6.45, 7) is 6.76. The fourth-order valence-electron chi connectivity index (χ4n) is 9.51. The second-order valence-corrected chi connectivity index (χ2v) is 13.2. The fraction of sp³-hybridized carbons (Fsp3) is 1.00. The van der Waals surface area contributed by atoms with E-state index in [2.05, 4.69) is 20.8 Å². The second-order valence-electron chi connectivity index (χ2n) is 13.2. The quantitative estimate of drug-likeness (QED) is 0.510. The summed E-state index contributed by atoms with van der Waals surface area (Å²) < 4.78 is 31.7. The molecule has 0 aromatic heterocycles. The Labute approximate surface area is 192 Å². The molecule has 0 unspecified atom stereocenters. The molecule has 5 fully saturated rings. The van der Waals surface area contributed by atoms with Gasteiger partial charge in [0.15, 0.2) is 0 Å². The van der Waals surface area contributed by atoms with Crippen molar-refractivity contribution in [2.45, 2.75) is 122 Å². The van der Waals surface area contributed by atoms with Crippen LogP contribution < -0.4 is 0 Å². The topological polar surface area (TPSA) is 60.7 Å². The van der Waals surface area contributed by atoms with Gasteiger partial charge < -0.3 is 15.3 Å². The van der Waals surface area contributed by atoms with Crippen molar-refractivity contribution in [1.82, 2.24) is 0 Å². The first-order valence-corrected chi connectivity index (χ1v) is 13.4. The maximum Gasteiger partial charge on any atom is 0.251 e. The molecule has 0 spiro atoms. The summed E-state index contributed by atoms with van der Waals surface area (Å²) in [7, 11) is 0. The van der Waals surface area contributed by atoms with Gasteiger partial charge in [0.05, 0.1) is 17.8 Å². The first-order valence-electron chi connectivity index (χ1n) is 13.4. The first-order chi connectivity index (χ1) is 14.9. The van der Waals surface area contributed by atoms with Crippen LogP contribution in [0.5, 0.6) is 0 Å². The molecule has 3 N–H and O–H groups in total. The number of fused-ring (bicyclic) bond motifs is 5. The van der Waals surface area contributed by atoms with Crippen LogP contribution in [0.25, 0.3) is 0 Å². The van der Waals surface area contributed by atoms with Gasteiger partial charge in [0.2, 0.25) is 0 Å². The molecule has 0 aromatic rings. The predicted octanol–water partition coefficient (Wildman–Crippen LogP) is 5.55. The summed E-state index contributed by atoms with van der Waals surface area (Å²) in [5.41, 5.74) is -0.722. The molecule has 3 nitrogen and oxygen atoms in total. The van der Waals surface area contributed by atoms with Crippen molar-refractivity contribution >= 4 is 0 Å². The van der Waals surface area contributed by atoms with Crippen LogP contribution in [0.4, 0.5) is 8.78 Å². The lowest BCUT2D eigenvalue weighted by Crippen LogP contribution is -2.64. The van der Waals surface area contributed by atoms with E-state index in [1.807, 2.05) is 0 Å². The smallest absolute Gasteiger partial charge is 0.251 e. The highest BCUT2D eigenvalue weighted by atomic mass is 19.3. The van der Waals surface area contributed by atoms with Crippen LogP contribution >= 0.6 is 0 Å². The lowest BCUT2D eigenvalue weighted by Gasteiger charge is -2.63. The van der Waals surface area contributed by atoms with Crippen LogP contribution in [0.2, 0.25) is 0 Å². The van der Waals surface area contributed by atoms with Gasteiger partial charge in [-0.2, -0.15) is 0 Å². The van der Waals surface area contributed by atoms with E-state index < -0.39 is 35.6 Å². The minimum atomic E-state index is -2.77. The van der Waals surface area contributed by atoms with E-state index in [9.17, 15) is 15.3 Å². The van der Waals surface area contributed by atoms with E-state index in [-0.39, 0.29) is 29.1 Å². The average molecular weight is 455 g/mol. The minimum absolute atomic E-state index is 0.0313. The standard InChI is InChI=1S/C27H44F2O3/c1-16(5-4-10-26(32)13-14-26)17-6-7-18-22-19(8-11-24(17,18)2)25(3)12-9-21(30)23(31)20(25)15-27(22,28)29/h16-23,30-32H,4-15H2,1-3H3/t16-,17-,18+,19+,20+,21+,22+,23-,24-,25-/m1/s1. The van der Waals surface area contributed by atoms with Crippen molar-refractivity contribution in [1.29, 1.82) is 0 Å². The normalized spacial score (nSPS) is 51.9. The van der Waals surface area contributed by atoms with Gasteiger partial charge in [-0.05, 0) is 98.2 Å². The molecule has 0 amide bonds. The fourth-order valence-corrected chi connectivity index (χ4v) is 9.51. The zero-order chi connectivity index (χ0) is 23.1. The Bertz CT molecular complexity index is 724. The van der Waals surface area contributed by atoms with E-state index in [0.717, 1.165) is 64.2 Å². The van der Waals surface area contributed by atoms with Gasteiger partial charge in [-0.15, -0.1) is 0 Å². The molecule has 0 radical (unpaired) electrons. The summed E-state index contributed by atoms with van der Waals surface area (Å²) >= 11 is 0. The van der Waals surface area contributed by atoms with Gasteiger partial charge in [0.25, 0.3) is 5.92 Å². The summed E-state index contributed by atoms with van der Waals surface area (Å²) in [6.07, 6.45) is 7.80. The van der Waals surface area contributed by atoms with E-state index in [4.69, 9.17) is 0 Å². The number of rotatable bonds is 5. The first kappa shape index (κ1) is 23.5. The number of aliphatic hydroxyl groups is 3. The molecule has 184 valence electrons. The lowest BCUT2D eigenvalue weighted by atomic mass is 9.43. The van der Waals surface area contributed by atoms with Crippen molar-refractivity contribution in [3.05, 3.63) is 0 Å². The zero-order valence-corrected chi connectivity index (χ0v) is 20.2. The zero-order valence-electron chi connectivity index (χ0n) is 20.2. The maximum atomic E-state index is 15.8. The number of alkyl halides is 2. The van der Waals surface area contributed by atoms with Gasteiger partial charge >= 0.3 is 0 Å². The largest absolute Gasteiger partial charge is 0.390 e. The Morgan fingerprint density at radius 3 is 2.22 bits per heavy atom. The van der Waals surface area contributed by atoms with Gasteiger partial charge in [0.1, 0.15) is 0 Å². The highest BCUT2D eigenvalue weighted by Crippen LogP contribution is 2.71. The summed E-state index contributed by atoms with van der Waals surface area (Å²) in [4.78, 5) is 0. The Morgan fingerprint density at radius 1 is 0.875 bits per heavy atom. The van der Waals surface area contributed by atoms with Crippen molar-refractivity contribution in [2.24, 2.45) is 46.3 Å². The van der Waals surface area contributed by atoms with E-state index in [0.29, 0.717) is 18.3 Å². The molecule has 5 aliphatic carbocycles. The summed E-state index contributed by atoms with van der Waals surface area (Å²) in [5, 5.41) is 31.0. The highest BCUT2D eigenvalue weighted by molar-refractivity contribution is 5.15. The van der Waals surface area contributed by atoms with Crippen molar-refractivity contribution in [3.63, 3.8) is 0 Å². The van der Waals surface area contributed by atoms with Gasteiger partial charge in [-0.3, -0.25) is 0 Å². The average Bonchev–Trinajstić information content (AvgIpc) is 3.34. The van der Waals surface area contributed by atoms with Crippen molar-refractivity contribution in [2.75, 3.05) is 0 Å². The van der Waals surface area contributed by atoms with Crippen LogP contribution in [0.15, 0.2) is 0 Å². The van der Waals surface area contributed by atoms with Gasteiger partial charge in [0, 0.05) is 12.3 Å². The molecular weight excluding hydrogens is 410 g/mol. The summed E-state index contributed by atoms with van der Waals surface area (Å²) in [5.74, 6) is -2.87. The molecule has 10 atom stereocenters. The van der Waals surface area contributed by atoms with Crippen molar-refractivity contribution < 1.29 is 24.1 Å². The SMILES string of the molecule is C[C@H](CCCC1(O)CC1)[C@H]1CC[C@H]2[C@H]3[C@H](CC[C@]12C)[C@@]1(C)CC[C@H](O)[C@H](O)[C@@H]1CC3(F)F. The van der Waals surface area contributed by atoms with E-state index >= 15 is 8.78 Å². The second kappa shape index (κ2) is 7.62. The summed E-state index contributed by atoms with van der Waals surface area (Å²) in [6, 6.07) is 0. The maximum absolute atomic E-state index is 15.8. The molecule has 0 aromatic carbocycles. The molecule has 5 rings (SSSR count). The van der Waals surface area contributed by atoms with Crippen LogP contribution in [0.3, 0.4) is 0 Å². The molecule has 0 aliphatic heterocycles. The van der Waals surface area contributed by atoms with Gasteiger partial charge in [-0.25, -0.2) is 8.78 Å². The number of halogens is 2. The molecule has 0 heterocycles. The predicted molar refractivity (Wildman–Crippen MR) is 120 cm³/mol. The van der Waals surface area contributed by atoms with E-state index in [1.54, 1.807) is 0 Å². The molecular formula is C27H44F2O3. The Morgan fingerprint density at radius 2 is 1.53 bits per heavy atom. The minimum Gasteiger partial charge on any atom is -0.390 e. The Kier molecular flexibility index (Phi) is 5.59. The highest BCUT2D eigenvalue weighted by Gasteiger charge is 2.69. The molecule has 5 heteroatoms. The third-order valence-corrected chi connectivity index (χ3v) is 11.6. The number of aliphatic hydroxyl groups excluding tert-OH is 2. The Balaban J connectivity index is 1.35. The molecule has 5 aliphatic rings. The van der Waals surface area contributed by atoms with Crippen LogP contribution in [-0.4, -0.2) is 39.1 Å². The van der Waals surface area contributed by atoms with Crippen LogP contribution in [0.1, 0.15) is 97.8 Å². The molecule has 5 saturated carbocycles. The van der Waals surface area contributed by atoms with Crippen molar-refractivity contribution in [3.8, 4) is 0 Å². The third kappa shape index (κ3) is 3.50.